The number of halogens is 1. The van der Waals surface area contributed by atoms with Gasteiger partial charge in [0.05, 0.1) is 5.75 Å². The normalized spacial score (nSPS) is 13.5. The van der Waals surface area contributed by atoms with Gasteiger partial charge >= 0.3 is 0 Å². The van der Waals surface area contributed by atoms with Crippen LogP contribution in [0.15, 0.2) is 24.3 Å². The summed E-state index contributed by atoms with van der Waals surface area (Å²) >= 11 is 5.81. The average Bonchev–Trinajstić information content (AvgIpc) is 2.29. The Hall–Kier alpha value is -0.620. The van der Waals surface area contributed by atoms with Gasteiger partial charge in [0.1, 0.15) is 0 Å². The van der Waals surface area contributed by atoms with E-state index in [1.807, 2.05) is 31.2 Å². The van der Waals surface area contributed by atoms with Crippen molar-refractivity contribution < 1.29 is 8.42 Å². The van der Waals surface area contributed by atoms with Crippen molar-refractivity contribution in [3.05, 3.63) is 34.9 Å². The maximum Gasteiger partial charge on any atom is 0.212 e. The summed E-state index contributed by atoms with van der Waals surface area (Å²) in [6.45, 7) is 4.60. The summed E-state index contributed by atoms with van der Waals surface area (Å²) in [5.41, 5.74) is 1.08. The summed E-state index contributed by atoms with van der Waals surface area (Å²) in [6.07, 6.45) is 0. The largest absolute Gasteiger partial charge is 0.309 e. The first kappa shape index (κ1) is 15.4. The van der Waals surface area contributed by atoms with E-state index in [1.54, 1.807) is 6.92 Å². The Morgan fingerprint density at radius 1 is 1.28 bits per heavy atom. The molecule has 0 saturated carbocycles. The van der Waals surface area contributed by atoms with Gasteiger partial charge in [-0.25, -0.2) is 13.1 Å². The minimum atomic E-state index is -3.15. The van der Waals surface area contributed by atoms with Crippen LogP contribution in [-0.2, 0) is 10.0 Å². The lowest BCUT2D eigenvalue weighted by Gasteiger charge is -2.14. The summed E-state index contributed by atoms with van der Waals surface area (Å²) in [4.78, 5) is 0. The third-order valence-electron chi connectivity index (χ3n) is 2.56. The fourth-order valence-electron chi connectivity index (χ4n) is 1.57. The van der Waals surface area contributed by atoms with Gasteiger partial charge in [0.15, 0.2) is 0 Å². The van der Waals surface area contributed by atoms with Gasteiger partial charge in [0, 0.05) is 24.2 Å². The molecule has 0 aliphatic heterocycles. The van der Waals surface area contributed by atoms with Gasteiger partial charge in [-0.15, -0.1) is 0 Å². The smallest absolute Gasteiger partial charge is 0.212 e. The summed E-state index contributed by atoms with van der Waals surface area (Å²) in [7, 11) is -3.15. The molecule has 0 aliphatic carbocycles. The van der Waals surface area contributed by atoms with E-state index in [4.69, 9.17) is 11.6 Å². The summed E-state index contributed by atoms with van der Waals surface area (Å²) in [5.74, 6) is 0.0821. The number of hydrogen-bond donors (Lipinski definition) is 2. The van der Waals surface area contributed by atoms with Crippen molar-refractivity contribution in [2.75, 3.05) is 18.8 Å². The monoisotopic (exact) mass is 290 g/mol. The van der Waals surface area contributed by atoms with E-state index < -0.39 is 10.0 Å². The van der Waals surface area contributed by atoms with Crippen LogP contribution < -0.4 is 10.0 Å². The van der Waals surface area contributed by atoms with Gasteiger partial charge in [-0.3, -0.25) is 0 Å². The van der Waals surface area contributed by atoms with Crippen LogP contribution in [0.4, 0.5) is 0 Å². The Balaban J connectivity index is 2.42. The van der Waals surface area contributed by atoms with Crippen molar-refractivity contribution in [2.45, 2.75) is 19.9 Å². The molecule has 4 nitrogen and oxygen atoms in total. The van der Waals surface area contributed by atoms with Crippen molar-refractivity contribution in [1.29, 1.82) is 0 Å². The molecular weight excluding hydrogens is 272 g/mol. The zero-order valence-electron chi connectivity index (χ0n) is 10.6. The molecule has 1 aromatic carbocycles. The molecule has 1 atom stereocenters. The first-order chi connectivity index (χ1) is 8.44. The number of nitrogens with one attached hydrogen (secondary N) is 2. The molecule has 1 aromatic rings. The molecule has 0 saturated heterocycles. The van der Waals surface area contributed by atoms with Crippen molar-refractivity contribution >= 4 is 21.6 Å². The molecule has 0 spiro atoms. The minimum absolute atomic E-state index is 0.0821. The Morgan fingerprint density at radius 3 is 2.44 bits per heavy atom. The van der Waals surface area contributed by atoms with E-state index in [0.29, 0.717) is 18.1 Å². The molecule has 0 aliphatic rings. The van der Waals surface area contributed by atoms with Crippen LogP contribution in [0, 0.1) is 0 Å². The van der Waals surface area contributed by atoms with Crippen LogP contribution in [0.1, 0.15) is 25.5 Å². The molecule has 0 bridgehead atoms. The lowest BCUT2D eigenvalue weighted by Crippen LogP contribution is -2.32. The van der Waals surface area contributed by atoms with Gasteiger partial charge in [-0.1, -0.05) is 30.7 Å². The average molecular weight is 291 g/mol. The summed E-state index contributed by atoms with van der Waals surface area (Å²) in [6, 6.07) is 7.60. The van der Waals surface area contributed by atoms with Crippen molar-refractivity contribution in [3.63, 3.8) is 0 Å². The lowest BCUT2D eigenvalue weighted by molar-refractivity contribution is 0.564. The van der Waals surface area contributed by atoms with Crippen LogP contribution in [0.3, 0.4) is 0 Å². The molecule has 2 N–H and O–H groups in total. The molecule has 18 heavy (non-hydrogen) atoms. The molecule has 102 valence electrons. The zero-order chi connectivity index (χ0) is 13.6. The quantitative estimate of drug-likeness (QED) is 0.807. The highest BCUT2D eigenvalue weighted by Gasteiger charge is 2.10. The predicted octanol–water partition coefficient (Wildman–Crippen LogP) is 1.93. The fourth-order valence-corrected chi connectivity index (χ4v) is 2.67. The standard InChI is InChI=1S/C12H19ClN2O2S/c1-3-15-18(16,17)9-8-14-10(2)11-4-6-12(13)7-5-11/h4-7,10,14-15H,3,8-9H2,1-2H3. The molecule has 0 amide bonds. The van der Waals surface area contributed by atoms with Gasteiger partial charge in [-0.05, 0) is 24.6 Å². The van der Waals surface area contributed by atoms with E-state index in [-0.39, 0.29) is 11.8 Å². The molecule has 0 radical (unpaired) electrons. The van der Waals surface area contributed by atoms with Gasteiger partial charge in [0.25, 0.3) is 0 Å². The molecule has 1 unspecified atom stereocenters. The third-order valence-corrected chi connectivity index (χ3v) is 4.28. The van der Waals surface area contributed by atoms with Crippen LogP contribution in [0.2, 0.25) is 5.02 Å². The Morgan fingerprint density at radius 2 is 1.89 bits per heavy atom. The second-order valence-corrected chi connectivity index (χ2v) is 6.41. The SMILES string of the molecule is CCNS(=O)(=O)CCNC(C)c1ccc(Cl)cc1. The van der Waals surface area contributed by atoms with E-state index >= 15 is 0 Å². The summed E-state index contributed by atoms with van der Waals surface area (Å²) < 4.78 is 25.3. The summed E-state index contributed by atoms with van der Waals surface area (Å²) in [5, 5.41) is 3.87. The van der Waals surface area contributed by atoms with Crippen molar-refractivity contribution in [1.82, 2.24) is 10.0 Å². The second kappa shape index (κ2) is 7.09. The van der Waals surface area contributed by atoms with E-state index in [2.05, 4.69) is 10.0 Å². The Kier molecular flexibility index (Phi) is 6.08. The molecule has 6 heteroatoms. The van der Waals surface area contributed by atoms with Crippen LogP contribution in [0.25, 0.3) is 0 Å². The molecule has 0 fully saturated rings. The Labute approximate surface area is 114 Å². The maximum absolute atomic E-state index is 11.4. The number of sulfonamides is 1. The minimum Gasteiger partial charge on any atom is -0.309 e. The van der Waals surface area contributed by atoms with E-state index in [9.17, 15) is 8.42 Å². The van der Waals surface area contributed by atoms with Crippen LogP contribution in [0.5, 0.6) is 0 Å². The number of rotatable bonds is 7. The first-order valence-corrected chi connectivity index (χ1v) is 7.94. The molecule has 0 heterocycles. The predicted molar refractivity (Wildman–Crippen MR) is 75.3 cm³/mol. The molecule has 1 rings (SSSR count). The molecule has 0 aromatic heterocycles. The van der Waals surface area contributed by atoms with Crippen LogP contribution in [-0.4, -0.2) is 27.3 Å². The lowest BCUT2D eigenvalue weighted by atomic mass is 10.1. The topological polar surface area (TPSA) is 58.2 Å². The van der Waals surface area contributed by atoms with Crippen molar-refractivity contribution in [2.24, 2.45) is 0 Å². The fraction of sp³-hybridized carbons (Fsp3) is 0.500. The highest BCUT2D eigenvalue weighted by Crippen LogP contribution is 2.15. The van der Waals surface area contributed by atoms with Crippen LogP contribution >= 0.6 is 11.6 Å². The third kappa shape index (κ3) is 5.35. The second-order valence-electron chi connectivity index (χ2n) is 4.04. The maximum atomic E-state index is 11.4. The van der Waals surface area contributed by atoms with Gasteiger partial charge in [0.2, 0.25) is 10.0 Å². The highest BCUT2D eigenvalue weighted by molar-refractivity contribution is 7.89. The number of hydrogen-bond acceptors (Lipinski definition) is 3. The van der Waals surface area contributed by atoms with E-state index in [0.717, 1.165) is 5.56 Å². The number of benzene rings is 1. The van der Waals surface area contributed by atoms with Gasteiger partial charge < -0.3 is 5.32 Å². The van der Waals surface area contributed by atoms with Gasteiger partial charge in [-0.2, -0.15) is 0 Å². The molecular formula is C12H19ClN2O2S. The highest BCUT2D eigenvalue weighted by atomic mass is 35.5. The first-order valence-electron chi connectivity index (χ1n) is 5.91. The zero-order valence-corrected chi connectivity index (χ0v) is 12.2. The Bertz CT molecular complexity index is 459. The van der Waals surface area contributed by atoms with E-state index in [1.165, 1.54) is 0 Å². The van der Waals surface area contributed by atoms with Crippen molar-refractivity contribution in [3.8, 4) is 0 Å².